The average molecular weight is 431 g/mol. The van der Waals surface area contributed by atoms with E-state index in [2.05, 4.69) is 20.3 Å². The van der Waals surface area contributed by atoms with Gasteiger partial charge in [-0.3, -0.25) is 14.8 Å². The summed E-state index contributed by atoms with van der Waals surface area (Å²) < 4.78 is 12.0. The van der Waals surface area contributed by atoms with E-state index in [1.54, 1.807) is 30.7 Å². The van der Waals surface area contributed by atoms with Crippen LogP contribution < -0.4 is 10.1 Å². The Bertz CT molecular complexity index is 1000. The van der Waals surface area contributed by atoms with E-state index in [9.17, 15) is 4.79 Å². The minimum Gasteiger partial charge on any atom is -0.488 e. The molecule has 3 heterocycles. The molecule has 0 bridgehead atoms. The molecule has 7 nitrogen and oxygen atoms in total. The molecule has 1 atom stereocenters. The van der Waals surface area contributed by atoms with E-state index >= 15 is 0 Å². The summed E-state index contributed by atoms with van der Waals surface area (Å²) in [5.74, 6) is 0.369. The highest BCUT2D eigenvalue weighted by Gasteiger charge is 2.19. The SMILES string of the molecule is Cc1cnc(CNC(=O)c2cc(O[C@H]3CCOC3)cc(-c3ncc(Cl)s3)c2)cn1. The molecule has 29 heavy (non-hydrogen) atoms. The quantitative estimate of drug-likeness (QED) is 0.642. The zero-order valence-corrected chi connectivity index (χ0v) is 17.3. The molecule has 0 saturated carbocycles. The number of aromatic nitrogens is 3. The highest BCUT2D eigenvalue weighted by atomic mass is 35.5. The van der Waals surface area contributed by atoms with E-state index in [1.165, 1.54) is 11.3 Å². The molecule has 150 valence electrons. The fourth-order valence-electron chi connectivity index (χ4n) is 2.89. The van der Waals surface area contributed by atoms with Crippen LogP contribution in [0, 0.1) is 6.92 Å². The molecule has 2 aromatic heterocycles. The summed E-state index contributed by atoms with van der Waals surface area (Å²) in [7, 11) is 0. The minimum absolute atomic E-state index is 0.0242. The molecule has 1 fully saturated rings. The first-order valence-electron chi connectivity index (χ1n) is 9.14. The van der Waals surface area contributed by atoms with Crippen molar-refractivity contribution in [3.8, 4) is 16.3 Å². The Balaban J connectivity index is 1.56. The lowest BCUT2D eigenvalue weighted by atomic mass is 10.1. The Morgan fingerprint density at radius 1 is 1.28 bits per heavy atom. The van der Waals surface area contributed by atoms with Crippen molar-refractivity contribution in [2.45, 2.75) is 26.0 Å². The number of carbonyl (C=O) groups excluding carboxylic acids is 1. The number of carbonyl (C=O) groups is 1. The van der Waals surface area contributed by atoms with Crippen LogP contribution in [0.3, 0.4) is 0 Å². The fourth-order valence-corrected chi connectivity index (χ4v) is 3.79. The molecule has 0 spiro atoms. The maximum Gasteiger partial charge on any atom is 0.251 e. The molecule has 9 heteroatoms. The standard InChI is InChI=1S/C20H19ClN4O3S/c1-12-7-23-15(8-22-12)9-24-19(26)13-4-14(20-25-10-18(21)29-20)6-17(5-13)28-16-2-3-27-11-16/h4-8,10,16H,2-3,9,11H2,1H3,(H,24,26)/t16-/m0/s1. The molecular weight excluding hydrogens is 412 g/mol. The molecule has 0 aliphatic carbocycles. The van der Waals surface area contributed by atoms with Gasteiger partial charge in [-0.15, -0.1) is 11.3 Å². The lowest BCUT2D eigenvalue weighted by molar-refractivity contribution is 0.0949. The van der Waals surface area contributed by atoms with Gasteiger partial charge in [0, 0.05) is 23.7 Å². The zero-order valence-electron chi connectivity index (χ0n) is 15.7. The lowest BCUT2D eigenvalue weighted by Crippen LogP contribution is -2.24. The first-order valence-corrected chi connectivity index (χ1v) is 10.3. The third-order valence-corrected chi connectivity index (χ3v) is 5.51. The van der Waals surface area contributed by atoms with Gasteiger partial charge in [0.25, 0.3) is 5.91 Å². The van der Waals surface area contributed by atoms with Crippen molar-refractivity contribution in [1.82, 2.24) is 20.3 Å². The Morgan fingerprint density at radius 2 is 2.17 bits per heavy atom. The molecule has 1 aliphatic heterocycles. The van der Waals surface area contributed by atoms with Gasteiger partial charge >= 0.3 is 0 Å². The minimum atomic E-state index is -0.232. The normalized spacial score (nSPS) is 16.0. The summed E-state index contributed by atoms with van der Waals surface area (Å²) in [5, 5.41) is 3.60. The number of aryl methyl sites for hydroxylation is 1. The van der Waals surface area contributed by atoms with Crippen molar-refractivity contribution >= 4 is 28.8 Å². The van der Waals surface area contributed by atoms with Gasteiger partial charge in [-0.2, -0.15) is 0 Å². The van der Waals surface area contributed by atoms with Crippen LogP contribution in [0.15, 0.2) is 36.8 Å². The van der Waals surface area contributed by atoms with Crippen LogP contribution in [-0.2, 0) is 11.3 Å². The second kappa shape index (κ2) is 8.86. The average Bonchev–Trinajstić information content (AvgIpc) is 3.39. The molecule has 1 aromatic carbocycles. The molecule has 1 amide bonds. The van der Waals surface area contributed by atoms with Crippen LogP contribution in [0.1, 0.15) is 28.2 Å². The molecule has 1 saturated heterocycles. The monoisotopic (exact) mass is 430 g/mol. The molecular formula is C20H19ClN4O3S. The van der Waals surface area contributed by atoms with E-state index in [0.717, 1.165) is 22.7 Å². The highest BCUT2D eigenvalue weighted by molar-refractivity contribution is 7.18. The second-order valence-corrected chi connectivity index (χ2v) is 8.31. The zero-order chi connectivity index (χ0) is 20.2. The van der Waals surface area contributed by atoms with Gasteiger partial charge in [0.2, 0.25) is 0 Å². The van der Waals surface area contributed by atoms with Crippen molar-refractivity contribution in [3.05, 3.63) is 58.1 Å². The van der Waals surface area contributed by atoms with Gasteiger partial charge < -0.3 is 14.8 Å². The van der Waals surface area contributed by atoms with E-state index in [-0.39, 0.29) is 18.6 Å². The van der Waals surface area contributed by atoms with E-state index in [4.69, 9.17) is 21.1 Å². The van der Waals surface area contributed by atoms with Gasteiger partial charge in [0.05, 0.1) is 43.5 Å². The number of thiazole rings is 1. The summed E-state index contributed by atoms with van der Waals surface area (Å²) in [6, 6.07) is 5.38. The fraction of sp³-hybridized carbons (Fsp3) is 0.300. The molecule has 1 aliphatic rings. The lowest BCUT2D eigenvalue weighted by Gasteiger charge is -2.14. The largest absolute Gasteiger partial charge is 0.488 e. The Morgan fingerprint density at radius 3 is 2.86 bits per heavy atom. The Labute approximate surface area is 177 Å². The van der Waals surface area contributed by atoms with E-state index < -0.39 is 0 Å². The molecule has 1 N–H and O–H groups in total. The van der Waals surface area contributed by atoms with Crippen LogP contribution in [0.25, 0.3) is 10.6 Å². The third kappa shape index (κ3) is 5.09. The van der Waals surface area contributed by atoms with Gasteiger partial charge in [-0.25, -0.2) is 4.98 Å². The summed E-state index contributed by atoms with van der Waals surface area (Å²) >= 11 is 7.38. The van der Waals surface area contributed by atoms with Gasteiger partial charge in [-0.1, -0.05) is 11.6 Å². The highest BCUT2D eigenvalue weighted by Crippen LogP contribution is 2.32. The second-order valence-electron chi connectivity index (χ2n) is 6.65. The Hall–Kier alpha value is -2.55. The summed E-state index contributed by atoms with van der Waals surface area (Å²) in [6.45, 7) is 3.37. The smallest absolute Gasteiger partial charge is 0.251 e. The molecule has 0 unspecified atom stereocenters. The van der Waals surface area contributed by atoms with Crippen molar-refractivity contribution in [1.29, 1.82) is 0 Å². The number of hydrogen-bond acceptors (Lipinski definition) is 7. The predicted octanol–water partition coefficient (Wildman–Crippen LogP) is 3.66. The van der Waals surface area contributed by atoms with Crippen LogP contribution in [-0.4, -0.2) is 40.2 Å². The number of hydrogen-bond donors (Lipinski definition) is 1. The van der Waals surface area contributed by atoms with E-state index in [0.29, 0.717) is 34.6 Å². The topological polar surface area (TPSA) is 86.2 Å². The summed E-state index contributed by atoms with van der Waals surface area (Å²) in [6.07, 6.45) is 5.71. The van der Waals surface area contributed by atoms with Crippen LogP contribution >= 0.6 is 22.9 Å². The number of ether oxygens (including phenoxy) is 2. The van der Waals surface area contributed by atoms with Crippen molar-refractivity contribution in [2.24, 2.45) is 0 Å². The number of nitrogens with zero attached hydrogens (tertiary/aromatic N) is 3. The van der Waals surface area contributed by atoms with Crippen molar-refractivity contribution < 1.29 is 14.3 Å². The number of halogens is 1. The Kier molecular flexibility index (Phi) is 6.03. The number of amides is 1. The van der Waals surface area contributed by atoms with E-state index in [1.807, 2.05) is 13.0 Å². The maximum atomic E-state index is 12.8. The van der Waals surface area contributed by atoms with Crippen LogP contribution in [0.5, 0.6) is 5.75 Å². The third-order valence-electron chi connectivity index (χ3n) is 4.35. The molecule has 0 radical (unpaired) electrons. The maximum absolute atomic E-state index is 12.8. The van der Waals surface area contributed by atoms with Crippen molar-refractivity contribution in [3.63, 3.8) is 0 Å². The number of benzene rings is 1. The summed E-state index contributed by atoms with van der Waals surface area (Å²) in [4.78, 5) is 25.5. The van der Waals surface area contributed by atoms with Gasteiger partial charge in [0.15, 0.2) is 0 Å². The molecule has 3 aromatic rings. The van der Waals surface area contributed by atoms with Crippen LogP contribution in [0.4, 0.5) is 0 Å². The molecule has 4 rings (SSSR count). The first kappa shape index (κ1) is 19.8. The van der Waals surface area contributed by atoms with Gasteiger partial charge in [0.1, 0.15) is 21.2 Å². The summed E-state index contributed by atoms with van der Waals surface area (Å²) in [5.41, 5.74) is 2.76. The van der Waals surface area contributed by atoms with Crippen molar-refractivity contribution in [2.75, 3.05) is 13.2 Å². The predicted molar refractivity (Wildman–Crippen MR) is 110 cm³/mol. The number of nitrogens with one attached hydrogen (secondary N) is 1. The number of rotatable bonds is 6. The van der Waals surface area contributed by atoms with Gasteiger partial charge in [-0.05, 0) is 25.1 Å². The van der Waals surface area contributed by atoms with Crippen LogP contribution in [0.2, 0.25) is 4.34 Å². The first-order chi connectivity index (χ1) is 14.1.